The molecular weight excluding hydrogens is 464 g/mol. The van der Waals surface area contributed by atoms with E-state index in [0.29, 0.717) is 33.6 Å². The topological polar surface area (TPSA) is 77.4 Å². The number of hydrogen-bond acceptors (Lipinski definition) is 7. The van der Waals surface area contributed by atoms with Crippen LogP contribution in [0.2, 0.25) is 0 Å². The number of amides is 1. The van der Waals surface area contributed by atoms with E-state index < -0.39 is 0 Å². The molecule has 0 radical (unpaired) electrons. The van der Waals surface area contributed by atoms with Gasteiger partial charge in [0.05, 0.1) is 32.6 Å². The summed E-state index contributed by atoms with van der Waals surface area (Å²) >= 11 is 1.43. The summed E-state index contributed by atoms with van der Waals surface area (Å²) < 4.78 is 15.3. The van der Waals surface area contributed by atoms with Crippen molar-refractivity contribution >= 4 is 40.6 Å². The van der Waals surface area contributed by atoms with Crippen LogP contribution in [-0.2, 0) is 15.3 Å². The van der Waals surface area contributed by atoms with Crippen LogP contribution in [0, 0.1) is 0 Å². The molecule has 1 amide bonds. The number of esters is 1. The van der Waals surface area contributed by atoms with E-state index in [1.165, 1.54) is 18.9 Å². The summed E-state index contributed by atoms with van der Waals surface area (Å²) in [6, 6.07) is 21.9. The summed E-state index contributed by atoms with van der Waals surface area (Å²) in [5, 5.41) is 0.556. The molecule has 0 N–H and O–H groups in total. The van der Waals surface area contributed by atoms with Crippen LogP contribution >= 0.6 is 11.8 Å². The second-order valence-corrected chi connectivity index (χ2v) is 8.46. The van der Waals surface area contributed by atoms with E-state index in [2.05, 4.69) is 4.99 Å². The molecule has 3 aromatic carbocycles. The molecule has 0 bridgehead atoms. The maximum Gasteiger partial charge on any atom is 0.337 e. The third-order valence-corrected chi connectivity index (χ3v) is 6.31. The standard InChI is InChI=1S/C27H24N2O5S/c1-32-22-13-9-18(10-14-22)15-24-25(30)29(21-5-4-6-23(16-21)33-2)27(28-24)35-17-19-7-11-20(12-8-19)26(31)34-3/h4-16H,17H2,1-3H3. The molecule has 35 heavy (non-hydrogen) atoms. The Kier molecular flexibility index (Phi) is 7.52. The number of benzene rings is 3. The van der Waals surface area contributed by atoms with Gasteiger partial charge in [0, 0.05) is 11.8 Å². The number of thioether (sulfide) groups is 1. The van der Waals surface area contributed by atoms with Gasteiger partial charge in [-0.2, -0.15) is 0 Å². The lowest BCUT2D eigenvalue weighted by atomic mass is 10.1. The fourth-order valence-electron chi connectivity index (χ4n) is 3.43. The van der Waals surface area contributed by atoms with E-state index in [0.717, 1.165) is 16.9 Å². The quantitative estimate of drug-likeness (QED) is 0.337. The van der Waals surface area contributed by atoms with Gasteiger partial charge in [0.15, 0.2) is 5.17 Å². The minimum Gasteiger partial charge on any atom is -0.497 e. The number of aliphatic imine (C=N–C) groups is 1. The molecule has 3 aromatic rings. The molecule has 1 aliphatic rings. The molecule has 0 fully saturated rings. The molecule has 1 heterocycles. The van der Waals surface area contributed by atoms with Crippen molar-refractivity contribution in [1.29, 1.82) is 0 Å². The highest BCUT2D eigenvalue weighted by molar-refractivity contribution is 8.13. The molecular formula is C27H24N2O5S. The Morgan fingerprint density at radius 3 is 2.31 bits per heavy atom. The number of carbonyl (C=O) groups excluding carboxylic acids is 2. The fourth-order valence-corrected chi connectivity index (χ4v) is 4.40. The summed E-state index contributed by atoms with van der Waals surface area (Å²) in [6.45, 7) is 0. The number of hydrogen-bond donors (Lipinski definition) is 0. The van der Waals surface area contributed by atoms with Gasteiger partial charge in [0.25, 0.3) is 5.91 Å². The van der Waals surface area contributed by atoms with Gasteiger partial charge in [0.2, 0.25) is 0 Å². The number of rotatable bonds is 7. The minimum absolute atomic E-state index is 0.224. The Morgan fingerprint density at radius 2 is 1.66 bits per heavy atom. The second-order valence-electron chi connectivity index (χ2n) is 7.52. The van der Waals surface area contributed by atoms with Crippen LogP contribution in [0.4, 0.5) is 5.69 Å². The lowest BCUT2D eigenvalue weighted by Crippen LogP contribution is -2.30. The SMILES string of the molecule is COC(=O)c1ccc(CSC2=NC(=Cc3ccc(OC)cc3)C(=O)N2c2cccc(OC)c2)cc1. The Morgan fingerprint density at radius 1 is 0.943 bits per heavy atom. The fraction of sp³-hybridized carbons (Fsp3) is 0.148. The maximum atomic E-state index is 13.4. The first-order valence-corrected chi connectivity index (χ1v) is 11.7. The molecule has 0 saturated carbocycles. The second kappa shape index (κ2) is 10.9. The van der Waals surface area contributed by atoms with Crippen LogP contribution in [0.1, 0.15) is 21.5 Å². The highest BCUT2D eigenvalue weighted by Gasteiger charge is 2.32. The Bertz CT molecular complexity index is 1280. The van der Waals surface area contributed by atoms with Crippen molar-refractivity contribution in [3.63, 3.8) is 0 Å². The Hall–Kier alpha value is -4.04. The van der Waals surface area contributed by atoms with Crippen LogP contribution in [0.5, 0.6) is 11.5 Å². The van der Waals surface area contributed by atoms with Crippen molar-refractivity contribution < 1.29 is 23.8 Å². The molecule has 7 nitrogen and oxygen atoms in total. The molecule has 0 atom stereocenters. The van der Waals surface area contributed by atoms with E-state index in [1.54, 1.807) is 43.4 Å². The summed E-state index contributed by atoms with van der Waals surface area (Å²) in [7, 11) is 4.55. The average Bonchev–Trinajstić information content (AvgIpc) is 3.22. The predicted octanol–water partition coefficient (Wildman–Crippen LogP) is 5.17. The first-order valence-electron chi connectivity index (χ1n) is 10.8. The smallest absolute Gasteiger partial charge is 0.337 e. The summed E-state index contributed by atoms with van der Waals surface area (Å²) in [6.07, 6.45) is 1.76. The number of methoxy groups -OCH3 is 3. The Balaban J connectivity index is 1.62. The third kappa shape index (κ3) is 5.55. The van der Waals surface area contributed by atoms with Gasteiger partial charge in [-0.15, -0.1) is 0 Å². The highest BCUT2D eigenvalue weighted by Crippen LogP contribution is 2.32. The molecule has 178 valence electrons. The van der Waals surface area contributed by atoms with Crippen LogP contribution in [-0.4, -0.2) is 38.4 Å². The average molecular weight is 489 g/mol. The maximum absolute atomic E-state index is 13.4. The van der Waals surface area contributed by atoms with Crippen LogP contribution in [0.15, 0.2) is 83.5 Å². The molecule has 0 aromatic heterocycles. The van der Waals surface area contributed by atoms with E-state index in [9.17, 15) is 9.59 Å². The van der Waals surface area contributed by atoms with Gasteiger partial charge in [-0.1, -0.05) is 42.1 Å². The summed E-state index contributed by atoms with van der Waals surface area (Å²) in [5.74, 6) is 1.33. The van der Waals surface area contributed by atoms with Crippen LogP contribution in [0.3, 0.4) is 0 Å². The minimum atomic E-state index is -0.382. The van der Waals surface area contributed by atoms with Crippen molar-refractivity contribution in [2.45, 2.75) is 5.75 Å². The lowest BCUT2D eigenvalue weighted by Gasteiger charge is -2.18. The van der Waals surface area contributed by atoms with E-state index in [1.807, 2.05) is 54.6 Å². The van der Waals surface area contributed by atoms with Gasteiger partial charge >= 0.3 is 5.97 Å². The predicted molar refractivity (Wildman–Crippen MR) is 138 cm³/mol. The van der Waals surface area contributed by atoms with Crippen molar-refractivity contribution in [2.24, 2.45) is 4.99 Å². The van der Waals surface area contributed by atoms with Crippen molar-refractivity contribution in [3.05, 3.63) is 95.2 Å². The van der Waals surface area contributed by atoms with Gasteiger partial charge in [-0.25, -0.2) is 9.79 Å². The van der Waals surface area contributed by atoms with E-state index in [-0.39, 0.29) is 11.9 Å². The summed E-state index contributed by atoms with van der Waals surface area (Å²) in [4.78, 5) is 31.4. The van der Waals surface area contributed by atoms with Gasteiger partial charge in [-0.05, 0) is 53.6 Å². The number of nitrogens with zero attached hydrogens (tertiary/aromatic N) is 2. The molecule has 0 aliphatic carbocycles. The monoisotopic (exact) mass is 488 g/mol. The van der Waals surface area contributed by atoms with Gasteiger partial charge < -0.3 is 14.2 Å². The van der Waals surface area contributed by atoms with Crippen LogP contribution in [0.25, 0.3) is 6.08 Å². The van der Waals surface area contributed by atoms with Crippen molar-refractivity contribution in [3.8, 4) is 11.5 Å². The summed E-state index contributed by atoms with van der Waals surface area (Å²) in [5.41, 5.74) is 3.31. The van der Waals surface area contributed by atoms with Gasteiger partial charge in [-0.3, -0.25) is 9.69 Å². The largest absolute Gasteiger partial charge is 0.497 e. The number of ether oxygens (including phenoxy) is 3. The molecule has 0 unspecified atom stereocenters. The molecule has 0 spiro atoms. The normalized spacial score (nSPS) is 14.1. The number of carbonyl (C=O) groups is 2. The Labute approximate surface area is 208 Å². The highest BCUT2D eigenvalue weighted by atomic mass is 32.2. The number of amidine groups is 1. The lowest BCUT2D eigenvalue weighted by molar-refractivity contribution is -0.113. The van der Waals surface area contributed by atoms with Crippen molar-refractivity contribution in [2.75, 3.05) is 26.2 Å². The molecule has 8 heteroatoms. The van der Waals surface area contributed by atoms with Crippen molar-refractivity contribution in [1.82, 2.24) is 0 Å². The zero-order valence-corrected chi connectivity index (χ0v) is 20.4. The zero-order valence-electron chi connectivity index (χ0n) is 19.6. The molecule has 1 aliphatic heterocycles. The van der Waals surface area contributed by atoms with E-state index >= 15 is 0 Å². The first-order chi connectivity index (χ1) is 17.0. The van der Waals surface area contributed by atoms with Crippen LogP contribution < -0.4 is 14.4 Å². The van der Waals surface area contributed by atoms with E-state index in [4.69, 9.17) is 14.2 Å². The third-order valence-electron chi connectivity index (χ3n) is 5.30. The van der Waals surface area contributed by atoms with Gasteiger partial charge in [0.1, 0.15) is 17.2 Å². The zero-order chi connectivity index (χ0) is 24.8. The first kappa shape index (κ1) is 24.1. The number of anilines is 1. The molecule has 4 rings (SSSR count). The molecule has 0 saturated heterocycles.